The predicted molar refractivity (Wildman–Crippen MR) is 119 cm³/mol. The molecular weight excluding hydrogens is 416 g/mol. The second-order valence-electron chi connectivity index (χ2n) is 7.30. The number of H-pyrrole nitrogens is 1. The van der Waals surface area contributed by atoms with Crippen LogP contribution in [0.2, 0.25) is 0 Å². The van der Waals surface area contributed by atoms with E-state index in [-0.39, 0.29) is 10.6 Å². The molecule has 0 aliphatic rings. The summed E-state index contributed by atoms with van der Waals surface area (Å²) in [6, 6.07) is 12.4. The van der Waals surface area contributed by atoms with Crippen LogP contribution in [0.25, 0.3) is 39.1 Å². The fourth-order valence-electron chi connectivity index (χ4n) is 3.89. The number of fused-ring (bicyclic) bond motifs is 2. The van der Waals surface area contributed by atoms with Crippen LogP contribution in [0.4, 0.5) is 0 Å². The summed E-state index contributed by atoms with van der Waals surface area (Å²) >= 11 is 0. The first kappa shape index (κ1) is 19.3. The lowest BCUT2D eigenvalue weighted by atomic mass is 10.2. The molecule has 158 valence electrons. The zero-order valence-electron chi connectivity index (χ0n) is 17.1. The van der Waals surface area contributed by atoms with E-state index in [1.165, 1.54) is 13.1 Å². The molecule has 0 bridgehead atoms. The van der Waals surface area contributed by atoms with Gasteiger partial charge in [-0.2, -0.15) is 0 Å². The number of benzene rings is 2. The van der Waals surface area contributed by atoms with Crippen LogP contribution in [-0.2, 0) is 24.1 Å². The van der Waals surface area contributed by atoms with Crippen molar-refractivity contribution < 1.29 is 8.42 Å². The molecule has 3 aromatic heterocycles. The average molecular weight is 436 g/mol. The molecule has 0 fully saturated rings. The van der Waals surface area contributed by atoms with Crippen molar-refractivity contribution in [2.24, 2.45) is 14.1 Å². The smallest absolute Gasteiger partial charge is 0.328 e. The highest BCUT2D eigenvalue weighted by Gasteiger charge is 2.19. The Balaban J connectivity index is 1.87. The van der Waals surface area contributed by atoms with Crippen molar-refractivity contribution in [1.82, 2.24) is 28.4 Å². The van der Waals surface area contributed by atoms with Gasteiger partial charge in [-0.1, -0.05) is 0 Å². The summed E-state index contributed by atoms with van der Waals surface area (Å²) in [6.07, 6.45) is 3.64. The lowest BCUT2D eigenvalue weighted by Crippen LogP contribution is -2.19. The molecule has 2 aromatic carbocycles. The minimum atomic E-state index is -3.62. The van der Waals surface area contributed by atoms with Crippen LogP contribution in [0.1, 0.15) is 0 Å². The molecule has 0 aliphatic carbocycles. The lowest BCUT2D eigenvalue weighted by molar-refractivity contribution is 0.588. The SMILES string of the molecule is CNS(=O)(=O)c1ccc2nc(-c3cc[nH]c3)n(-c3ccc4c(c3)n(C)c(=O)n4C)c2c1. The molecule has 0 amide bonds. The van der Waals surface area contributed by atoms with Gasteiger partial charge in [-0.25, -0.2) is 22.9 Å². The van der Waals surface area contributed by atoms with Crippen LogP contribution in [0, 0.1) is 0 Å². The fourth-order valence-corrected chi connectivity index (χ4v) is 4.64. The second kappa shape index (κ2) is 6.69. The molecule has 10 heteroatoms. The van der Waals surface area contributed by atoms with Crippen LogP contribution in [0.15, 0.2) is 64.5 Å². The standard InChI is InChI=1S/C21H20N6O3S/c1-22-31(29,30)15-5-6-16-18(11-15)27(20(24-16)13-8-9-23-12-13)14-4-7-17-19(10-14)26(3)21(28)25(17)2/h4-12,22-23H,1-3H3. The number of rotatable bonds is 4. The molecule has 0 aliphatic heterocycles. The molecule has 0 radical (unpaired) electrons. The van der Waals surface area contributed by atoms with Gasteiger partial charge in [0.1, 0.15) is 5.82 Å². The van der Waals surface area contributed by atoms with Gasteiger partial charge in [-0.3, -0.25) is 13.7 Å². The molecule has 3 heterocycles. The van der Waals surface area contributed by atoms with Crippen LogP contribution in [0.5, 0.6) is 0 Å². The molecule has 0 unspecified atom stereocenters. The zero-order chi connectivity index (χ0) is 21.9. The molecule has 0 atom stereocenters. The van der Waals surface area contributed by atoms with E-state index in [2.05, 4.69) is 9.71 Å². The number of aromatic nitrogens is 5. The number of hydrogen-bond donors (Lipinski definition) is 2. The van der Waals surface area contributed by atoms with Crippen molar-refractivity contribution in [3.63, 3.8) is 0 Å². The van der Waals surface area contributed by atoms with Gasteiger partial charge in [-0.15, -0.1) is 0 Å². The van der Waals surface area contributed by atoms with Crippen LogP contribution < -0.4 is 10.4 Å². The summed E-state index contributed by atoms with van der Waals surface area (Å²) in [6.45, 7) is 0. The van der Waals surface area contributed by atoms with E-state index < -0.39 is 10.0 Å². The number of imidazole rings is 2. The van der Waals surface area contributed by atoms with Gasteiger partial charge in [0.05, 0.1) is 27.0 Å². The van der Waals surface area contributed by atoms with E-state index in [1.807, 2.05) is 35.0 Å². The first-order chi connectivity index (χ1) is 14.8. The molecule has 31 heavy (non-hydrogen) atoms. The first-order valence-electron chi connectivity index (χ1n) is 9.57. The third kappa shape index (κ3) is 2.83. The number of aromatic amines is 1. The Morgan fingerprint density at radius 2 is 1.74 bits per heavy atom. The molecule has 2 N–H and O–H groups in total. The minimum absolute atomic E-state index is 0.115. The quantitative estimate of drug-likeness (QED) is 0.450. The summed E-state index contributed by atoms with van der Waals surface area (Å²) in [5, 5.41) is 0. The predicted octanol–water partition coefficient (Wildman–Crippen LogP) is 2.12. The van der Waals surface area contributed by atoms with Crippen LogP contribution >= 0.6 is 0 Å². The Kier molecular flexibility index (Phi) is 4.17. The fraction of sp³-hybridized carbons (Fsp3) is 0.143. The first-order valence-corrected chi connectivity index (χ1v) is 11.0. The maximum Gasteiger partial charge on any atom is 0.328 e. The van der Waals surface area contributed by atoms with E-state index in [0.29, 0.717) is 16.9 Å². The Morgan fingerprint density at radius 1 is 0.968 bits per heavy atom. The largest absolute Gasteiger partial charge is 0.367 e. The summed E-state index contributed by atoms with van der Waals surface area (Å²) in [5.41, 5.74) is 4.40. The van der Waals surface area contributed by atoms with Crippen molar-refractivity contribution in [3.05, 3.63) is 65.3 Å². The number of hydrogen-bond acceptors (Lipinski definition) is 4. The van der Waals surface area contributed by atoms with Gasteiger partial charge < -0.3 is 4.98 Å². The lowest BCUT2D eigenvalue weighted by Gasteiger charge is -2.10. The normalized spacial score (nSPS) is 12.2. The number of aryl methyl sites for hydroxylation is 2. The van der Waals surface area contributed by atoms with Gasteiger partial charge in [0.25, 0.3) is 0 Å². The molecule has 5 rings (SSSR count). The number of sulfonamides is 1. The summed E-state index contributed by atoms with van der Waals surface area (Å²) in [4.78, 5) is 20.3. The zero-order valence-corrected chi connectivity index (χ0v) is 17.9. The van der Waals surface area contributed by atoms with Crippen LogP contribution in [0.3, 0.4) is 0 Å². The van der Waals surface area contributed by atoms with E-state index in [1.54, 1.807) is 41.6 Å². The summed E-state index contributed by atoms with van der Waals surface area (Å²) in [7, 11) is 1.22. The molecule has 0 saturated heterocycles. The Bertz CT molecular complexity index is 1620. The third-order valence-electron chi connectivity index (χ3n) is 5.57. The van der Waals surface area contributed by atoms with Gasteiger partial charge in [-0.05, 0) is 49.5 Å². The highest BCUT2D eigenvalue weighted by atomic mass is 32.2. The van der Waals surface area contributed by atoms with Crippen molar-refractivity contribution >= 4 is 32.1 Å². The topological polar surface area (TPSA) is 107 Å². The van der Waals surface area contributed by atoms with E-state index in [0.717, 1.165) is 22.3 Å². The highest BCUT2D eigenvalue weighted by molar-refractivity contribution is 7.89. The molecular formula is C21H20N6O3S. The molecule has 0 saturated carbocycles. The maximum atomic E-state index is 12.4. The van der Waals surface area contributed by atoms with E-state index >= 15 is 0 Å². The van der Waals surface area contributed by atoms with Gasteiger partial charge in [0.2, 0.25) is 10.0 Å². The highest BCUT2D eigenvalue weighted by Crippen LogP contribution is 2.31. The van der Waals surface area contributed by atoms with Crippen molar-refractivity contribution in [3.8, 4) is 17.1 Å². The van der Waals surface area contributed by atoms with Crippen LogP contribution in [-0.4, -0.2) is 39.1 Å². The van der Waals surface area contributed by atoms with Crippen molar-refractivity contribution in [1.29, 1.82) is 0 Å². The van der Waals surface area contributed by atoms with Gasteiger partial charge >= 0.3 is 5.69 Å². The Morgan fingerprint density at radius 3 is 2.45 bits per heavy atom. The Labute approximate surface area is 177 Å². The van der Waals surface area contributed by atoms with E-state index in [4.69, 9.17) is 4.98 Å². The molecule has 9 nitrogen and oxygen atoms in total. The maximum absolute atomic E-state index is 12.4. The monoisotopic (exact) mass is 436 g/mol. The average Bonchev–Trinajstić information content (AvgIpc) is 3.48. The third-order valence-corrected chi connectivity index (χ3v) is 6.99. The number of nitrogens with zero attached hydrogens (tertiary/aromatic N) is 4. The van der Waals surface area contributed by atoms with Gasteiger partial charge in [0.15, 0.2) is 0 Å². The summed E-state index contributed by atoms with van der Waals surface area (Å²) < 4.78 is 32.2. The summed E-state index contributed by atoms with van der Waals surface area (Å²) in [5.74, 6) is 0.663. The second-order valence-corrected chi connectivity index (χ2v) is 9.19. The minimum Gasteiger partial charge on any atom is -0.367 e. The van der Waals surface area contributed by atoms with Crippen molar-refractivity contribution in [2.45, 2.75) is 4.90 Å². The Hall–Kier alpha value is -3.63. The number of nitrogens with one attached hydrogen (secondary N) is 2. The van der Waals surface area contributed by atoms with E-state index in [9.17, 15) is 13.2 Å². The van der Waals surface area contributed by atoms with Crippen molar-refractivity contribution in [2.75, 3.05) is 7.05 Å². The molecule has 5 aromatic rings. The van der Waals surface area contributed by atoms with Gasteiger partial charge in [0, 0.05) is 37.7 Å². The molecule has 0 spiro atoms.